The van der Waals surface area contributed by atoms with E-state index in [1.54, 1.807) is 12.1 Å². The summed E-state index contributed by atoms with van der Waals surface area (Å²) < 4.78 is 0. The molecule has 2 unspecified atom stereocenters. The first kappa shape index (κ1) is 14.1. The highest BCUT2D eigenvalue weighted by Crippen LogP contribution is 2.39. The van der Waals surface area contributed by atoms with E-state index >= 15 is 0 Å². The van der Waals surface area contributed by atoms with E-state index in [4.69, 9.17) is 0 Å². The molecule has 104 valence electrons. The highest BCUT2D eigenvalue weighted by molar-refractivity contribution is 5.82. The van der Waals surface area contributed by atoms with Gasteiger partial charge in [0.05, 0.1) is 0 Å². The third-order valence-corrected chi connectivity index (χ3v) is 4.38. The number of rotatable bonds is 2. The van der Waals surface area contributed by atoms with Crippen molar-refractivity contribution in [1.29, 1.82) is 0 Å². The summed E-state index contributed by atoms with van der Waals surface area (Å²) in [5.74, 6) is 1.42. The second-order valence-corrected chi connectivity index (χ2v) is 6.87. The molecule has 2 nitrogen and oxygen atoms in total. The molecule has 0 aromatic heterocycles. The maximum absolute atomic E-state index is 12.1. The molecule has 0 amide bonds. The molecule has 19 heavy (non-hydrogen) atoms. The fourth-order valence-electron chi connectivity index (χ4n) is 3.07. The van der Waals surface area contributed by atoms with Gasteiger partial charge in [-0.1, -0.05) is 32.9 Å². The Labute approximate surface area is 115 Å². The van der Waals surface area contributed by atoms with Crippen molar-refractivity contribution in [3.8, 4) is 5.75 Å². The minimum atomic E-state index is 0.125. The number of hydrogen-bond donors (Lipinski definition) is 1. The van der Waals surface area contributed by atoms with Crippen molar-refractivity contribution in [1.82, 2.24) is 0 Å². The van der Waals surface area contributed by atoms with E-state index in [1.165, 1.54) is 0 Å². The van der Waals surface area contributed by atoms with Gasteiger partial charge in [0, 0.05) is 12.3 Å². The Morgan fingerprint density at radius 1 is 1.32 bits per heavy atom. The quantitative estimate of drug-likeness (QED) is 0.873. The van der Waals surface area contributed by atoms with Gasteiger partial charge in [-0.3, -0.25) is 4.79 Å². The molecule has 1 aromatic rings. The molecule has 0 saturated heterocycles. The number of carbonyl (C=O) groups excluding carboxylic acids is 1. The Kier molecular flexibility index (Phi) is 3.98. The van der Waals surface area contributed by atoms with Gasteiger partial charge < -0.3 is 5.11 Å². The maximum Gasteiger partial charge on any atom is 0.136 e. The van der Waals surface area contributed by atoms with E-state index in [0.717, 1.165) is 24.8 Å². The Bertz CT molecular complexity index is 457. The molecule has 2 heteroatoms. The van der Waals surface area contributed by atoms with Crippen molar-refractivity contribution >= 4 is 5.78 Å². The molecule has 1 saturated carbocycles. The van der Waals surface area contributed by atoms with E-state index in [2.05, 4.69) is 20.8 Å². The number of phenolic OH excluding ortho intramolecular Hbond substituents is 1. The van der Waals surface area contributed by atoms with E-state index in [9.17, 15) is 9.90 Å². The van der Waals surface area contributed by atoms with Crippen molar-refractivity contribution in [2.45, 2.75) is 46.5 Å². The summed E-state index contributed by atoms with van der Waals surface area (Å²) in [6.07, 6.45) is 3.49. The van der Waals surface area contributed by atoms with Crippen LogP contribution in [0.15, 0.2) is 24.3 Å². The Morgan fingerprint density at radius 2 is 2.05 bits per heavy atom. The number of Topliss-reactive ketones (excluding diaryl/α,β-unsaturated/α-hetero) is 1. The molecule has 0 bridgehead atoms. The first-order chi connectivity index (χ1) is 8.86. The first-order valence-electron chi connectivity index (χ1n) is 7.17. The second kappa shape index (κ2) is 5.36. The molecule has 2 rings (SSSR count). The summed E-state index contributed by atoms with van der Waals surface area (Å²) in [6, 6.07) is 7.28. The highest BCUT2D eigenvalue weighted by Gasteiger charge is 2.34. The number of phenols is 1. The van der Waals surface area contributed by atoms with Gasteiger partial charge >= 0.3 is 0 Å². The zero-order valence-corrected chi connectivity index (χ0v) is 12.1. The van der Waals surface area contributed by atoms with Gasteiger partial charge in [-0.2, -0.15) is 0 Å². The molecule has 1 N–H and O–H groups in total. The summed E-state index contributed by atoms with van der Waals surface area (Å²) in [5.41, 5.74) is 1.34. The standard InChI is InChI=1S/C17H24O2/c1-17(2,3)14-7-8-16(19)13(11-14)9-12-5-4-6-15(18)10-12/h4-6,10,13-14,18H,7-9,11H2,1-3H3. The van der Waals surface area contributed by atoms with E-state index in [1.807, 2.05) is 12.1 Å². The fourth-order valence-corrected chi connectivity index (χ4v) is 3.07. The minimum absolute atomic E-state index is 0.125. The minimum Gasteiger partial charge on any atom is -0.508 e. The largest absolute Gasteiger partial charge is 0.508 e. The number of aromatic hydroxyl groups is 1. The number of benzene rings is 1. The van der Waals surface area contributed by atoms with Crippen LogP contribution in [0.4, 0.5) is 0 Å². The van der Waals surface area contributed by atoms with Crippen LogP contribution in [0.2, 0.25) is 0 Å². The van der Waals surface area contributed by atoms with Crippen LogP contribution >= 0.6 is 0 Å². The van der Waals surface area contributed by atoms with Crippen LogP contribution in [-0.4, -0.2) is 10.9 Å². The normalized spacial score (nSPS) is 24.5. The fraction of sp³-hybridized carbons (Fsp3) is 0.588. The molecule has 0 aliphatic heterocycles. The molecule has 1 aliphatic carbocycles. The van der Waals surface area contributed by atoms with Crippen LogP contribution < -0.4 is 0 Å². The molecule has 1 aromatic carbocycles. The van der Waals surface area contributed by atoms with Crippen LogP contribution in [0.25, 0.3) is 0 Å². The summed E-state index contributed by atoms with van der Waals surface area (Å²) in [5, 5.41) is 9.50. The average molecular weight is 260 g/mol. The zero-order chi connectivity index (χ0) is 14.0. The summed E-state index contributed by atoms with van der Waals surface area (Å²) in [4.78, 5) is 12.1. The lowest BCUT2D eigenvalue weighted by Crippen LogP contribution is -2.33. The molecular weight excluding hydrogens is 236 g/mol. The van der Waals surface area contributed by atoms with Crippen LogP contribution in [0.3, 0.4) is 0 Å². The smallest absolute Gasteiger partial charge is 0.136 e. The van der Waals surface area contributed by atoms with Crippen molar-refractivity contribution in [2.75, 3.05) is 0 Å². The van der Waals surface area contributed by atoms with Crippen molar-refractivity contribution in [3.05, 3.63) is 29.8 Å². The van der Waals surface area contributed by atoms with Gasteiger partial charge in [-0.15, -0.1) is 0 Å². The molecule has 0 spiro atoms. The lowest BCUT2D eigenvalue weighted by molar-refractivity contribution is -0.126. The van der Waals surface area contributed by atoms with E-state index < -0.39 is 0 Å². The summed E-state index contributed by atoms with van der Waals surface area (Å²) >= 11 is 0. The van der Waals surface area contributed by atoms with Gasteiger partial charge in [0.15, 0.2) is 0 Å². The van der Waals surface area contributed by atoms with Crippen LogP contribution in [0, 0.1) is 17.3 Å². The molecule has 1 fully saturated rings. The Balaban J connectivity index is 2.08. The SMILES string of the molecule is CC(C)(C)C1CCC(=O)C(Cc2cccc(O)c2)C1. The van der Waals surface area contributed by atoms with Crippen LogP contribution in [0.1, 0.15) is 45.6 Å². The van der Waals surface area contributed by atoms with Gasteiger partial charge in [-0.05, 0) is 48.3 Å². The van der Waals surface area contributed by atoms with Crippen LogP contribution in [0.5, 0.6) is 5.75 Å². The summed E-state index contributed by atoms with van der Waals surface area (Å²) in [7, 11) is 0. The van der Waals surface area contributed by atoms with Crippen LogP contribution in [-0.2, 0) is 11.2 Å². The monoisotopic (exact) mass is 260 g/mol. The number of hydrogen-bond acceptors (Lipinski definition) is 2. The highest BCUT2D eigenvalue weighted by atomic mass is 16.3. The third kappa shape index (κ3) is 3.59. The van der Waals surface area contributed by atoms with Gasteiger partial charge in [0.1, 0.15) is 11.5 Å². The predicted octanol–water partition coefficient (Wildman–Crippen LogP) is 3.97. The Morgan fingerprint density at radius 3 is 2.68 bits per heavy atom. The molecule has 2 atom stereocenters. The third-order valence-electron chi connectivity index (χ3n) is 4.38. The Hall–Kier alpha value is -1.31. The zero-order valence-electron chi connectivity index (χ0n) is 12.1. The van der Waals surface area contributed by atoms with E-state index in [-0.39, 0.29) is 17.1 Å². The van der Waals surface area contributed by atoms with Gasteiger partial charge in [-0.25, -0.2) is 0 Å². The second-order valence-electron chi connectivity index (χ2n) is 6.87. The molecular formula is C17H24O2. The van der Waals surface area contributed by atoms with Crippen molar-refractivity contribution in [2.24, 2.45) is 17.3 Å². The number of ketones is 1. The van der Waals surface area contributed by atoms with Crippen molar-refractivity contribution in [3.63, 3.8) is 0 Å². The molecule has 1 aliphatic rings. The van der Waals surface area contributed by atoms with Gasteiger partial charge in [0.2, 0.25) is 0 Å². The van der Waals surface area contributed by atoms with Crippen molar-refractivity contribution < 1.29 is 9.90 Å². The lowest BCUT2D eigenvalue weighted by atomic mass is 9.67. The molecule has 0 heterocycles. The van der Waals surface area contributed by atoms with Gasteiger partial charge in [0.25, 0.3) is 0 Å². The predicted molar refractivity (Wildman–Crippen MR) is 77.1 cm³/mol. The maximum atomic E-state index is 12.1. The molecule has 0 radical (unpaired) electrons. The average Bonchev–Trinajstić information content (AvgIpc) is 2.30. The topological polar surface area (TPSA) is 37.3 Å². The first-order valence-corrected chi connectivity index (χ1v) is 7.17. The lowest BCUT2D eigenvalue weighted by Gasteiger charge is -2.37. The van der Waals surface area contributed by atoms with E-state index in [0.29, 0.717) is 18.1 Å². The number of carbonyl (C=O) groups is 1. The summed E-state index contributed by atoms with van der Waals surface area (Å²) in [6.45, 7) is 6.79.